The molecule has 4 rings (SSSR count). The van der Waals surface area contributed by atoms with Crippen LogP contribution in [0.25, 0.3) is 0 Å². The lowest BCUT2D eigenvalue weighted by molar-refractivity contribution is -0.108. The minimum Gasteiger partial charge on any atom is -0.480 e. The van der Waals surface area contributed by atoms with Crippen LogP contribution in [0, 0.1) is 0 Å². The summed E-state index contributed by atoms with van der Waals surface area (Å²) in [5.41, 5.74) is -1.48. The zero-order valence-corrected chi connectivity index (χ0v) is 17.3. The summed E-state index contributed by atoms with van der Waals surface area (Å²) in [5, 5.41) is 0. The van der Waals surface area contributed by atoms with Gasteiger partial charge in [-0.05, 0) is 27.7 Å². The number of phosphoric acid groups is 1. The number of methoxy groups -OCH3 is 1. The third kappa shape index (κ3) is 3.24. The molecule has 0 radical (unpaired) electrons. The molecule has 0 bridgehead atoms. The Morgan fingerprint density at radius 2 is 2.18 bits per heavy atom. The van der Waals surface area contributed by atoms with Crippen LogP contribution in [0.3, 0.4) is 0 Å². The van der Waals surface area contributed by atoms with Crippen molar-refractivity contribution in [1.82, 2.24) is 4.90 Å². The number of phosphoric ester groups is 1. The van der Waals surface area contributed by atoms with Crippen molar-refractivity contribution in [3.05, 3.63) is 0 Å². The first-order valence-corrected chi connectivity index (χ1v) is 10.5. The van der Waals surface area contributed by atoms with Crippen LogP contribution in [0.4, 0.5) is 4.39 Å². The fraction of sp³-hybridized carbons (Fsp3) is 0.812. The Hall–Kier alpha value is -1.23. The first-order valence-electron chi connectivity index (χ1n) is 9.08. The van der Waals surface area contributed by atoms with E-state index in [1.807, 2.05) is 0 Å². The van der Waals surface area contributed by atoms with E-state index in [4.69, 9.17) is 23.0 Å². The number of aliphatic imine (C=N–C) groups is 3. The number of alkyl halides is 1. The van der Waals surface area contributed by atoms with Gasteiger partial charge in [-0.1, -0.05) is 0 Å². The van der Waals surface area contributed by atoms with Crippen LogP contribution < -0.4 is 0 Å². The summed E-state index contributed by atoms with van der Waals surface area (Å²) in [7, 11) is -2.37. The van der Waals surface area contributed by atoms with Crippen molar-refractivity contribution in [2.75, 3.05) is 20.4 Å². The second-order valence-corrected chi connectivity index (χ2v) is 9.05. The number of rotatable bonds is 3. The Bertz CT molecular complexity index is 800. The summed E-state index contributed by atoms with van der Waals surface area (Å²) >= 11 is 0. The van der Waals surface area contributed by atoms with Crippen molar-refractivity contribution in [1.29, 1.82) is 0 Å². The predicted molar refractivity (Wildman–Crippen MR) is 98.3 cm³/mol. The van der Waals surface area contributed by atoms with Crippen LogP contribution in [0.2, 0.25) is 0 Å². The van der Waals surface area contributed by atoms with E-state index in [0.29, 0.717) is 17.4 Å². The molecule has 0 aliphatic carbocycles. The number of fused-ring (bicyclic) bond motifs is 2. The monoisotopic (exact) mass is 418 g/mol. The number of hydrogen-bond donors (Lipinski definition) is 0. The first kappa shape index (κ1) is 20.1. The largest absolute Gasteiger partial charge is 0.480 e. The van der Waals surface area contributed by atoms with E-state index in [2.05, 4.69) is 15.0 Å². The molecule has 28 heavy (non-hydrogen) atoms. The Balaban J connectivity index is 1.57. The van der Waals surface area contributed by atoms with Crippen LogP contribution in [-0.2, 0) is 27.6 Å². The summed E-state index contributed by atoms with van der Waals surface area (Å²) in [5.74, 6) is 0.850. The Kier molecular flexibility index (Phi) is 4.96. The van der Waals surface area contributed by atoms with E-state index < -0.39 is 44.2 Å². The van der Waals surface area contributed by atoms with E-state index in [9.17, 15) is 4.57 Å². The number of ether oxygens (including phenoxy) is 2. The highest BCUT2D eigenvalue weighted by molar-refractivity contribution is 7.48. The molecule has 0 spiro atoms. The van der Waals surface area contributed by atoms with Gasteiger partial charge in [-0.3, -0.25) is 18.6 Å². The summed E-state index contributed by atoms with van der Waals surface area (Å²) in [6.07, 6.45) is -3.84. The van der Waals surface area contributed by atoms with Gasteiger partial charge in [-0.2, -0.15) is 4.99 Å². The van der Waals surface area contributed by atoms with Gasteiger partial charge in [0.15, 0.2) is 18.1 Å². The second-order valence-electron chi connectivity index (χ2n) is 7.47. The highest BCUT2D eigenvalue weighted by atomic mass is 31.2. The third-order valence-electron chi connectivity index (χ3n) is 4.91. The van der Waals surface area contributed by atoms with Crippen molar-refractivity contribution in [3.63, 3.8) is 0 Å². The minimum absolute atomic E-state index is 0.0933. The Morgan fingerprint density at radius 3 is 2.86 bits per heavy atom. The van der Waals surface area contributed by atoms with Crippen molar-refractivity contribution in [2.45, 2.75) is 64.1 Å². The molecule has 0 aromatic rings. The van der Waals surface area contributed by atoms with Gasteiger partial charge >= 0.3 is 7.82 Å². The van der Waals surface area contributed by atoms with Gasteiger partial charge in [0.2, 0.25) is 5.90 Å². The molecule has 6 atom stereocenters. The van der Waals surface area contributed by atoms with Crippen molar-refractivity contribution >= 4 is 25.3 Å². The van der Waals surface area contributed by atoms with Gasteiger partial charge in [0.25, 0.3) is 0 Å². The number of nitrogens with zero attached hydrogens (tertiary/aromatic N) is 4. The zero-order valence-electron chi connectivity index (χ0n) is 16.4. The lowest BCUT2D eigenvalue weighted by atomic mass is 9.97. The molecule has 10 nitrogen and oxygen atoms in total. The molecule has 2 fully saturated rings. The molecule has 0 saturated carbocycles. The molecule has 4 aliphatic heterocycles. The topological polar surface area (TPSA) is 104 Å². The summed E-state index contributed by atoms with van der Waals surface area (Å²) in [6.45, 7) is 6.54. The number of hydrogen-bond acceptors (Lipinski definition) is 10. The Labute approximate surface area is 162 Å². The Morgan fingerprint density at radius 1 is 1.43 bits per heavy atom. The molecule has 0 aromatic heterocycles. The predicted octanol–water partition coefficient (Wildman–Crippen LogP) is 1.91. The summed E-state index contributed by atoms with van der Waals surface area (Å²) < 4.78 is 55.8. The molecule has 156 valence electrons. The highest BCUT2D eigenvalue weighted by Crippen LogP contribution is 2.59. The van der Waals surface area contributed by atoms with Crippen LogP contribution in [-0.4, -0.2) is 79.1 Å². The maximum absolute atomic E-state index is 15.9. The maximum atomic E-state index is 15.9. The molecule has 4 heterocycles. The van der Waals surface area contributed by atoms with Gasteiger partial charge in [-0.25, -0.2) is 18.8 Å². The van der Waals surface area contributed by atoms with Crippen LogP contribution >= 0.6 is 7.82 Å². The second kappa shape index (κ2) is 6.93. The van der Waals surface area contributed by atoms with Crippen LogP contribution in [0.15, 0.2) is 15.0 Å². The minimum atomic E-state index is -3.86. The van der Waals surface area contributed by atoms with E-state index in [1.54, 1.807) is 25.7 Å². The molecule has 1 unspecified atom stereocenters. The summed E-state index contributed by atoms with van der Waals surface area (Å²) in [6, 6.07) is 0. The average Bonchev–Trinajstić information content (AvgIpc) is 3.12. The van der Waals surface area contributed by atoms with Crippen LogP contribution in [0.1, 0.15) is 27.7 Å². The molecule has 12 heteroatoms. The van der Waals surface area contributed by atoms with Gasteiger partial charge in [0, 0.05) is 0 Å². The highest BCUT2D eigenvalue weighted by Gasteiger charge is 2.63. The standard InChI is InChI=1S/C16H24FN4O6P/c1-8(2)26-28(22)24-6-10-12(27-28)16(4,17)15(25-10)21-7-18-11-13(21)19-9(3)20-14(11)23-5/h8,10,12-13,15H,6-7H2,1-5H3/t10-,12-,13?,15-,16-,28-/m1/s1. The van der Waals surface area contributed by atoms with E-state index in [0.717, 1.165) is 0 Å². The average molecular weight is 418 g/mol. The first-order chi connectivity index (χ1) is 13.1. The van der Waals surface area contributed by atoms with Gasteiger partial charge in [0.05, 0.1) is 26.5 Å². The molecular formula is C16H24FN4O6P. The van der Waals surface area contributed by atoms with Gasteiger partial charge in [0.1, 0.15) is 23.8 Å². The lowest BCUT2D eigenvalue weighted by Gasteiger charge is -2.36. The van der Waals surface area contributed by atoms with Crippen molar-refractivity contribution < 1.29 is 32.0 Å². The molecule has 4 aliphatic rings. The van der Waals surface area contributed by atoms with Gasteiger partial charge < -0.3 is 9.47 Å². The molecule has 0 aromatic carbocycles. The van der Waals surface area contributed by atoms with Crippen molar-refractivity contribution in [2.24, 2.45) is 15.0 Å². The van der Waals surface area contributed by atoms with E-state index in [-0.39, 0.29) is 13.3 Å². The smallest absolute Gasteiger partial charge is 0.475 e. The fourth-order valence-electron chi connectivity index (χ4n) is 3.77. The summed E-state index contributed by atoms with van der Waals surface area (Å²) in [4.78, 5) is 14.8. The van der Waals surface area contributed by atoms with Crippen LogP contribution in [0.5, 0.6) is 0 Å². The van der Waals surface area contributed by atoms with E-state index in [1.165, 1.54) is 14.0 Å². The fourth-order valence-corrected chi connectivity index (χ4v) is 5.41. The lowest BCUT2D eigenvalue weighted by Crippen LogP contribution is -2.54. The normalized spacial score (nSPS) is 43.3. The SMILES string of the molecule is COC1=NC(C)=NC2C1=NCN2[C@@H]1O[C@@H]2CO[P@](=O)(OC(C)C)O[C@H]2[C@@]1(C)F. The maximum Gasteiger partial charge on any atom is 0.475 e. The number of halogens is 1. The molecular weight excluding hydrogens is 394 g/mol. The third-order valence-corrected chi connectivity index (χ3v) is 6.54. The zero-order chi connectivity index (χ0) is 20.3. The molecule has 0 N–H and O–H groups in total. The van der Waals surface area contributed by atoms with Crippen molar-refractivity contribution in [3.8, 4) is 0 Å². The van der Waals surface area contributed by atoms with E-state index >= 15 is 4.39 Å². The van der Waals surface area contributed by atoms with Gasteiger partial charge in [-0.15, -0.1) is 0 Å². The molecule has 0 amide bonds. The molecule has 2 saturated heterocycles. The quantitative estimate of drug-likeness (QED) is 0.645. The number of amidine groups is 1.